The normalized spacial score (nSPS) is 16.1. The molecule has 0 saturated carbocycles. The van der Waals surface area contributed by atoms with E-state index in [1.807, 2.05) is 6.92 Å². The quantitative estimate of drug-likeness (QED) is 0.379. The number of pyridine rings is 1. The maximum Gasteiger partial charge on any atom is 0.248 e. The van der Waals surface area contributed by atoms with Crippen LogP contribution < -0.4 is 0 Å². The summed E-state index contributed by atoms with van der Waals surface area (Å²) in [5, 5.41) is 0.529. The largest absolute Gasteiger partial charge is 0.379 e. The summed E-state index contributed by atoms with van der Waals surface area (Å²) in [6.07, 6.45) is 5.95. The van der Waals surface area contributed by atoms with E-state index in [1.54, 1.807) is 11.1 Å². The van der Waals surface area contributed by atoms with Gasteiger partial charge >= 0.3 is 0 Å². The van der Waals surface area contributed by atoms with Crippen LogP contribution in [0, 0.1) is 17.6 Å². The highest BCUT2D eigenvalue weighted by Crippen LogP contribution is 2.27. The van der Waals surface area contributed by atoms with Gasteiger partial charge in [-0.05, 0) is 38.2 Å². The molecule has 0 unspecified atom stereocenters. The van der Waals surface area contributed by atoms with Gasteiger partial charge in [0.1, 0.15) is 18.1 Å². The summed E-state index contributed by atoms with van der Waals surface area (Å²) in [7, 11) is 0. The molecule has 1 fully saturated rings. The predicted octanol–water partition coefficient (Wildman–Crippen LogP) is 3.15. The molecule has 1 saturated heterocycles. The maximum atomic E-state index is 14.6. The Labute approximate surface area is 208 Å². The lowest BCUT2D eigenvalue weighted by Gasteiger charge is -2.32. The average Bonchev–Trinajstić information content (AvgIpc) is 3.30. The number of likely N-dealkylation sites (tertiary alicyclic amines) is 1. The van der Waals surface area contributed by atoms with Crippen LogP contribution in [-0.4, -0.2) is 83.5 Å². The van der Waals surface area contributed by atoms with E-state index in [0.717, 1.165) is 25.2 Å². The smallest absolute Gasteiger partial charge is 0.248 e. The van der Waals surface area contributed by atoms with E-state index in [0.29, 0.717) is 75.0 Å². The molecule has 1 aliphatic rings. The Morgan fingerprint density at radius 2 is 1.94 bits per heavy atom. The Morgan fingerprint density at radius 1 is 1.14 bits per heavy atom. The zero-order valence-corrected chi connectivity index (χ0v) is 20.3. The number of halogens is 2. The number of carbonyl (C=O) groups is 1. The summed E-state index contributed by atoms with van der Waals surface area (Å²) in [6.45, 7) is 5.48. The number of H-pyrrole nitrogens is 1. The van der Waals surface area contributed by atoms with E-state index < -0.39 is 11.6 Å². The molecule has 36 heavy (non-hydrogen) atoms. The first-order valence-corrected chi connectivity index (χ1v) is 12.2. The van der Waals surface area contributed by atoms with E-state index in [9.17, 15) is 13.6 Å². The number of rotatable bonds is 12. The Morgan fingerprint density at radius 3 is 2.78 bits per heavy atom. The summed E-state index contributed by atoms with van der Waals surface area (Å²) < 4.78 is 44.3. The predicted molar refractivity (Wildman–Crippen MR) is 128 cm³/mol. The molecule has 11 heteroatoms. The van der Waals surface area contributed by atoms with Gasteiger partial charge in [-0.25, -0.2) is 23.7 Å². The highest BCUT2D eigenvalue weighted by Gasteiger charge is 2.25. The van der Waals surface area contributed by atoms with Gasteiger partial charge in [0.05, 0.1) is 44.5 Å². The van der Waals surface area contributed by atoms with E-state index in [4.69, 9.17) is 14.2 Å². The van der Waals surface area contributed by atoms with Gasteiger partial charge in [0.15, 0.2) is 11.6 Å². The summed E-state index contributed by atoms with van der Waals surface area (Å²) in [5.41, 5.74) is 1.33. The van der Waals surface area contributed by atoms with Crippen LogP contribution in [0.4, 0.5) is 8.78 Å². The molecule has 9 nitrogen and oxygen atoms in total. The monoisotopic (exact) mass is 503 g/mol. The van der Waals surface area contributed by atoms with Crippen molar-refractivity contribution in [3.05, 3.63) is 42.0 Å². The number of nitrogens with zero attached hydrogens (tertiary/aromatic N) is 4. The van der Waals surface area contributed by atoms with Crippen molar-refractivity contribution in [2.75, 3.05) is 52.7 Å². The number of piperidine rings is 1. The average molecular weight is 504 g/mol. The highest BCUT2D eigenvalue weighted by molar-refractivity contribution is 5.91. The summed E-state index contributed by atoms with van der Waals surface area (Å²) in [6, 6.07) is 1.35. The molecular weight excluding hydrogens is 472 g/mol. The van der Waals surface area contributed by atoms with Gasteiger partial charge in [0.25, 0.3) is 0 Å². The second-order valence-corrected chi connectivity index (χ2v) is 8.65. The van der Waals surface area contributed by atoms with Crippen LogP contribution in [0.5, 0.6) is 0 Å². The number of hydrogen-bond acceptors (Lipinski definition) is 7. The van der Waals surface area contributed by atoms with Crippen molar-refractivity contribution in [2.24, 2.45) is 5.92 Å². The Bertz CT molecular complexity index is 1160. The number of nitrogens with one attached hydrogen (secondary N) is 1. The number of amides is 1. The molecule has 1 N–H and O–H groups in total. The third kappa shape index (κ3) is 6.80. The molecule has 3 aromatic rings. The van der Waals surface area contributed by atoms with E-state index in [1.165, 1.54) is 6.07 Å². The first-order chi connectivity index (χ1) is 17.5. The number of hydrogen-bond donors (Lipinski definition) is 1. The molecule has 1 amide bonds. The first-order valence-electron chi connectivity index (χ1n) is 12.2. The third-order valence-electron chi connectivity index (χ3n) is 6.08. The lowest BCUT2D eigenvalue weighted by atomic mass is 9.93. The molecule has 1 aliphatic heterocycles. The second kappa shape index (κ2) is 12.8. The van der Waals surface area contributed by atoms with Gasteiger partial charge in [0, 0.05) is 36.8 Å². The molecule has 4 heterocycles. The van der Waals surface area contributed by atoms with Crippen molar-refractivity contribution in [3.63, 3.8) is 0 Å². The number of aromatic amines is 1. The van der Waals surface area contributed by atoms with Gasteiger partial charge in [0.2, 0.25) is 5.91 Å². The fraction of sp³-hybridized carbons (Fsp3) is 0.520. The minimum absolute atomic E-state index is 0.0152. The highest BCUT2D eigenvalue weighted by atomic mass is 19.1. The van der Waals surface area contributed by atoms with Gasteiger partial charge in [-0.15, -0.1) is 0 Å². The van der Waals surface area contributed by atoms with Crippen molar-refractivity contribution in [2.45, 2.75) is 26.2 Å². The van der Waals surface area contributed by atoms with Crippen molar-refractivity contribution in [1.82, 2.24) is 24.8 Å². The van der Waals surface area contributed by atoms with E-state index in [2.05, 4.69) is 19.9 Å². The molecule has 1 atom stereocenters. The topological polar surface area (TPSA) is 102 Å². The molecular formula is C25H31F2N5O4. The third-order valence-corrected chi connectivity index (χ3v) is 6.08. The fourth-order valence-electron chi connectivity index (χ4n) is 4.30. The number of aromatic nitrogens is 4. The molecule has 0 bridgehead atoms. The van der Waals surface area contributed by atoms with Crippen molar-refractivity contribution >= 4 is 16.9 Å². The lowest BCUT2D eigenvalue weighted by molar-refractivity contribution is -0.138. The molecule has 0 aromatic carbocycles. The zero-order chi connectivity index (χ0) is 25.3. The van der Waals surface area contributed by atoms with Gasteiger partial charge in [-0.3, -0.25) is 4.79 Å². The molecule has 0 aliphatic carbocycles. The number of fused-ring (bicyclic) bond motifs is 1. The van der Waals surface area contributed by atoms with Crippen LogP contribution in [0.2, 0.25) is 0 Å². The molecule has 194 valence electrons. The van der Waals surface area contributed by atoms with Gasteiger partial charge in [-0.2, -0.15) is 0 Å². The Balaban J connectivity index is 1.31. The molecule has 3 aromatic heterocycles. The SMILES string of the molecule is CCOCCOCCOCC(=O)N1CCC[C@@H](Cc2nc(-c3c[nH]c4ncc(F)cc34)ncc2F)C1. The maximum absolute atomic E-state index is 14.6. The van der Waals surface area contributed by atoms with Crippen LogP contribution in [0.3, 0.4) is 0 Å². The zero-order valence-electron chi connectivity index (χ0n) is 20.3. The van der Waals surface area contributed by atoms with Crippen LogP contribution in [0.1, 0.15) is 25.5 Å². The first kappa shape index (κ1) is 26.1. The van der Waals surface area contributed by atoms with Crippen molar-refractivity contribution in [1.29, 1.82) is 0 Å². The minimum atomic E-state index is -0.501. The second-order valence-electron chi connectivity index (χ2n) is 8.65. The van der Waals surface area contributed by atoms with Crippen LogP contribution in [-0.2, 0) is 25.4 Å². The Hall–Kier alpha value is -3.02. The van der Waals surface area contributed by atoms with E-state index in [-0.39, 0.29) is 24.1 Å². The standard InChI is InChI=1S/C25H31F2N5O4/c1-2-34-6-7-35-8-9-36-16-23(33)32-5-3-4-17(15-32)10-22-21(27)14-30-25(31-22)20-13-29-24-19(20)11-18(26)12-28-24/h11-14,17H,2-10,15-16H2,1H3,(H,28,29)/t17-/m0/s1. The molecule has 0 spiro atoms. The van der Waals surface area contributed by atoms with E-state index >= 15 is 0 Å². The summed E-state index contributed by atoms with van der Waals surface area (Å²) in [5.74, 6) is -0.712. The summed E-state index contributed by atoms with van der Waals surface area (Å²) in [4.78, 5) is 29.9. The lowest BCUT2D eigenvalue weighted by Crippen LogP contribution is -2.42. The minimum Gasteiger partial charge on any atom is -0.379 e. The molecule has 0 radical (unpaired) electrons. The van der Waals surface area contributed by atoms with Gasteiger partial charge in [-0.1, -0.05) is 0 Å². The van der Waals surface area contributed by atoms with Crippen LogP contribution >= 0.6 is 0 Å². The molecule has 4 rings (SSSR count). The Kier molecular flexibility index (Phi) is 9.26. The fourth-order valence-corrected chi connectivity index (χ4v) is 4.30. The number of carbonyl (C=O) groups excluding carboxylic acids is 1. The number of ether oxygens (including phenoxy) is 3. The van der Waals surface area contributed by atoms with Crippen LogP contribution in [0.15, 0.2) is 24.7 Å². The van der Waals surface area contributed by atoms with Crippen molar-refractivity contribution in [3.8, 4) is 11.4 Å². The van der Waals surface area contributed by atoms with Crippen molar-refractivity contribution < 1.29 is 27.8 Å². The van der Waals surface area contributed by atoms with Crippen LogP contribution in [0.25, 0.3) is 22.4 Å². The van der Waals surface area contributed by atoms with Gasteiger partial charge < -0.3 is 24.1 Å². The summed E-state index contributed by atoms with van der Waals surface area (Å²) >= 11 is 0.